The number of hydrogen-bond acceptors (Lipinski definition) is 2. The van der Waals surface area contributed by atoms with E-state index in [0.29, 0.717) is 0 Å². The molecule has 1 N–H and O–H groups in total. The van der Waals surface area contributed by atoms with Gasteiger partial charge in [0.25, 0.3) is 0 Å². The Balaban J connectivity index is 1.89. The minimum absolute atomic E-state index is 0.0178. The number of allylic oxidation sites excluding steroid dienone is 1. The molecule has 23 heavy (non-hydrogen) atoms. The summed E-state index contributed by atoms with van der Waals surface area (Å²) in [7, 11) is 0. The predicted molar refractivity (Wildman–Crippen MR) is 87.1 cm³/mol. The molecule has 4 nitrogen and oxygen atoms in total. The number of rotatable bonds is 3. The van der Waals surface area contributed by atoms with Crippen molar-refractivity contribution in [3.05, 3.63) is 59.2 Å². The van der Waals surface area contributed by atoms with Crippen molar-refractivity contribution in [1.29, 1.82) is 0 Å². The van der Waals surface area contributed by atoms with Crippen molar-refractivity contribution in [1.82, 2.24) is 15.1 Å². The van der Waals surface area contributed by atoms with Gasteiger partial charge in [-0.3, -0.25) is 4.79 Å². The molecule has 5 heteroatoms. The second-order valence-electron chi connectivity index (χ2n) is 6.01. The summed E-state index contributed by atoms with van der Waals surface area (Å²) in [4.78, 5) is 11.2. The first-order valence-corrected chi connectivity index (χ1v) is 7.73. The zero-order chi connectivity index (χ0) is 16.6. The number of hydrogen-bond donors (Lipinski definition) is 1. The van der Waals surface area contributed by atoms with Gasteiger partial charge in [-0.2, -0.15) is 5.10 Å². The van der Waals surface area contributed by atoms with Crippen molar-refractivity contribution < 1.29 is 9.18 Å². The molecule has 0 spiro atoms. The van der Waals surface area contributed by atoms with Crippen LogP contribution in [0.3, 0.4) is 0 Å². The first kappa shape index (κ1) is 15.5. The van der Waals surface area contributed by atoms with E-state index in [4.69, 9.17) is 0 Å². The molecule has 2 atom stereocenters. The van der Waals surface area contributed by atoms with Gasteiger partial charge in [-0.15, -0.1) is 0 Å². The first-order valence-electron chi connectivity index (χ1n) is 7.73. The van der Waals surface area contributed by atoms with Gasteiger partial charge in [-0.05, 0) is 44.5 Å². The van der Waals surface area contributed by atoms with Crippen LogP contribution in [0.1, 0.15) is 36.2 Å². The molecule has 0 aliphatic heterocycles. The maximum atomic E-state index is 13.1. The molecular weight excluding hydrogens is 293 g/mol. The topological polar surface area (TPSA) is 46.9 Å². The van der Waals surface area contributed by atoms with Crippen molar-refractivity contribution in [3.63, 3.8) is 0 Å². The average Bonchev–Trinajstić information content (AvgIpc) is 3.04. The molecule has 0 saturated heterocycles. The van der Waals surface area contributed by atoms with E-state index >= 15 is 0 Å². The number of carbonyl (C=O) groups excluding carboxylic acids is 1. The molecule has 0 fully saturated rings. The fourth-order valence-corrected chi connectivity index (χ4v) is 3.31. The lowest BCUT2D eigenvalue weighted by Gasteiger charge is -2.13. The molecule has 2 aromatic rings. The summed E-state index contributed by atoms with van der Waals surface area (Å²) >= 11 is 0. The maximum absolute atomic E-state index is 13.1. The lowest BCUT2D eigenvalue weighted by molar-refractivity contribution is -0.119. The smallest absolute Gasteiger partial charge is 0.217 e. The normalized spacial score (nSPS) is 20.0. The Labute approximate surface area is 135 Å². The monoisotopic (exact) mass is 313 g/mol. The fourth-order valence-electron chi connectivity index (χ4n) is 3.31. The Bertz CT molecular complexity index is 761. The van der Waals surface area contributed by atoms with Crippen LogP contribution in [0.5, 0.6) is 0 Å². The summed E-state index contributed by atoms with van der Waals surface area (Å²) < 4.78 is 15.0. The Morgan fingerprint density at radius 3 is 2.61 bits per heavy atom. The van der Waals surface area contributed by atoms with Gasteiger partial charge in [-0.1, -0.05) is 12.2 Å². The summed E-state index contributed by atoms with van der Waals surface area (Å²) in [6.45, 7) is 5.55. The van der Waals surface area contributed by atoms with Crippen LogP contribution in [-0.2, 0) is 4.79 Å². The van der Waals surface area contributed by atoms with Gasteiger partial charge in [0, 0.05) is 30.1 Å². The highest BCUT2D eigenvalue weighted by Gasteiger charge is 2.26. The molecule has 120 valence electrons. The highest BCUT2D eigenvalue weighted by Crippen LogP contribution is 2.33. The SMILES string of the molecule is CC(=O)N[C@@H]1C=C[C@H](c2c(C)nn(-c3ccc(F)cc3)c2C)C1. The van der Waals surface area contributed by atoms with Gasteiger partial charge in [0.15, 0.2) is 0 Å². The van der Waals surface area contributed by atoms with E-state index in [9.17, 15) is 9.18 Å². The number of aryl methyl sites for hydroxylation is 1. The van der Waals surface area contributed by atoms with Crippen molar-refractivity contribution in [2.45, 2.75) is 39.2 Å². The van der Waals surface area contributed by atoms with Crippen LogP contribution >= 0.6 is 0 Å². The maximum Gasteiger partial charge on any atom is 0.217 e. The van der Waals surface area contributed by atoms with Gasteiger partial charge in [0.1, 0.15) is 5.82 Å². The number of nitrogens with one attached hydrogen (secondary N) is 1. The second-order valence-corrected chi connectivity index (χ2v) is 6.01. The van der Waals surface area contributed by atoms with E-state index in [2.05, 4.69) is 16.5 Å². The van der Waals surface area contributed by atoms with E-state index in [1.54, 1.807) is 12.1 Å². The van der Waals surface area contributed by atoms with E-state index < -0.39 is 0 Å². The quantitative estimate of drug-likeness (QED) is 0.885. The van der Waals surface area contributed by atoms with Gasteiger partial charge < -0.3 is 5.32 Å². The van der Waals surface area contributed by atoms with Crippen LogP contribution < -0.4 is 5.32 Å². The van der Waals surface area contributed by atoms with Crippen molar-refractivity contribution in [2.24, 2.45) is 0 Å². The minimum atomic E-state index is -0.257. The molecule has 1 aromatic carbocycles. The summed E-state index contributed by atoms with van der Waals surface area (Å²) in [5, 5.41) is 7.54. The van der Waals surface area contributed by atoms with Gasteiger partial charge in [-0.25, -0.2) is 9.07 Å². The summed E-state index contributed by atoms with van der Waals surface area (Å²) in [5.74, 6) is -0.0378. The molecule has 0 unspecified atom stereocenters. The largest absolute Gasteiger partial charge is 0.350 e. The number of carbonyl (C=O) groups is 1. The van der Waals surface area contributed by atoms with Crippen LogP contribution in [0, 0.1) is 19.7 Å². The van der Waals surface area contributed by atoms with Gasteiger partial charge in [0.2, 0.25) is 5.91 Å². The second kappa shape index (κ2) is 5.99. The molecule has 3 rings (SSSR count). The van der Waals surface area contributed by atoms with Crippen LogP contribution in [0.2, 0.25) is 0 Å². The lowest BCUT2D eigenvalue weighted by Crippen LogP contribution is -2.30. The van der Waals surface area contributed by atoms with E-state index in [1.165, 1.54) is 24.6 Å². The standard InChI is InChI=1S/C18H20FN3O/c1-11-18(14-4-7-16(10-14)20-13(3)23)12(2)22(21-11)17-8-5-15(19)6-9-17/h4-9,14,16H,10H2,1-3H3,(H,20,23)/t14-,16+/m0/s1. The third kappa shape index (κ3) is 3.04. The summed E-state index contributed by atoms with van der Waals surface area (Å²) in [5.41, 5.74) is 4.04. The molecule has 0 radical (unpaired) electrons. The van der Waals surface area contributed by atoms with E-state index in [0.717, 1.165) is 23.5 Å². The Hall–Kier alpha value is -2.43. The molecule has 0 bridgehead atoms. The molecule has 1 amide bonds. The third-order valence-electron chi connectivity index (χ3n) is 4.26. The lowest BCUT2D eigenvalue weighted by atomic mass is 9.96. The molecule has 0 saturated carbocycles. The zero-order valence-corrected chi connectivity index (χ0v) is 13.5. The first-order chi connectivity index (χ1) is 11.0. The zero-order valence-electron chi connectivity index (χ0n) is 13.5. The number of nitrogens with zero attached hydrogens (tertiary/aromatic N) is 2. The number of halogens is 1. The molecule has 1 heterocycles. The van der Waals surface area contributed by atoms with E-state index in [-0.39, 0.29) is 23.7 Å². The molecular formula is C18H20FN3O. The predicted octanol–water partition coefficient (Wildman–Crippen LogP) is 3.18. The van der Waals surface area contributed by atoms with Gasteiger partial charge in [0.05, 0.1) is 11.4 Å². The van der Waals surface area contributed by atoms with Crippen LogP contribution in [0.25, 0.3) is 5.69 Å². The van der Waals surface area contributed by atoms with Crippen LogP contribution in [-0.4, -0.2) is 21.7 Å². The summed E-state index contributed by atoms with van der Waals surface area (Å²) in [6, 6.07) is 6.40. The minimum Gasteiger partial charge on any atom is -0.350 e. The van der Waals surface area contributed by atoms with Crippen LogP contribution in [0.15, 0.2) is 36.4 Å². The van der Waals surface area contributed by atoms with Gasteiger partial charge >= 0.3 is 0 Å². The Morgan fingerprint density at radius 2 is 1.96 bits per heavy atom. The highest BCUT2D eigenvalue weighted by molar-refractivity contribution is 5.73. The molecule has 1 aliphatic carbocycles. The Morgan fingerprint density at radius 1 is 1.26 bits per heavy atom. The number of aromatic nitrogens is 2. The van der Waals surface area contributed by atoms with Crippen LogP contribution in [0.4, 0.5) is 4.39 Å². The Kier molecular flexibility index (Phi) is 4.03. The number of amides is 1. The third-order valence-corrected chi connectivity index (χ3v) is 4.26. The fraction of sp³-hybridized carbons (Fsp3) is 0.333. The summed E-state index contributed by atoms with van der Waals surface area (Å²) in [6.07, 6.45) is 5.02. The molecule has 1 aliphatic rings. The average molecular weight is 313 g/mol. The van der Waals surface area contributed by atoms with E-state index in [1.807, 2.05) is 24.6 Å². The van der Waals surface area contributed by atoms with Crippen molar-refractivity contribution in [2.75, 3.05) is 0 Å². The van der Waals surface area contributed by atoms with Crippen molar-refractivity contribution in [3.8, 4) is 5.69 Å². The highest BCUT2D eigenvalue weighted by atomic mass is 19.1. The van der Waals surface area contributed by atoms with Crippen molar-refractivity contribution >= 4 is 5.91 Å². The number of benzene rings is 1. The molecule has 1 aromatic heterocycles.